The van der Waals surface area contributed by atoms with Gasteiger partial charge in [0, 0.05) is 0 Å². The second kappa shape index (κ2) is 4.79. The SMILES string of the molecule is IOCC1CCSCC1. The maximum Gasteiger partial charge on any atom is 0.109 e. The number of halogens is 1. The van der Waals surface area contributed by atoms with Gasteiger partial charge in [-0.05, 0) is 30.3 Å². The summed E-state index contributed by atoms with van der Waals surface area (Å²) in [5.41, 5.74) is 0. The standard InChI is InChI=1S/C6H11IOS/c7-8-5-6-1-3-9-4-2-6/h6H,1-5H2. The lowest BCUT2D eigenvalue weighted by Crippen LogP contribution is -2.13. The average molecular weight is 258 g/mol. The lowest BCUT2D eigenvalue weighted by molar-refractivity contribution is 0.308. The Morgan fingerprint density at radius 2 is 2.11 bits per heavy atom. The molecular formula is C6H11IOS. The summed E-state index contributed by atoms with van der Waals surface area (Å²) in [7, 11) is 0. The zero-order chi connectivity index (χ0) is 6.53. The third kappa shape index (κ3) is 3.09. The van der Waals surface area contributed by atoms with Crippen molar-refractivity contribution in [2.45, 2.75) is 12.8 Å². The minimum Gasteiger partial charge on any atom is -0.316 e. The van der Waals surface area contributed by atoms with Crippen LogP contribution in [0, 0.1) is 5.92 Å². The van der Waals surface area contributed by atoms with Crippen molar-refractivity contribution in [3.8, 4) is 0 Å². The minimum atomic E-state index is 0.850. The van der Waals surface area contributed by atoms with E-state index < -0.39 is 0 Å². The fraction of sp³-hybridized carbons (Fsp3) is 1.00. The van der Waals surface area contributed by atoms with Crippen LogP contribution >= 0.6 is 34.8 Å². The predicted octanol–water partition coefficient (Wildman–Crippen LogP) is 2.50. The summed E-state index contributed by atoms with van der Waals surface area (Å²) in [6, 6.07) is 0. The molecule has 0 saturated carbocycles. The van der Waals surface area contributed by atoms with E-state index >= 15 is 0 Å². The number of hydrogen-bond acceptors (Lipinski definition) is 2. The highest BCUT2D eigenvalue weighted by atomic mass is 127. The molecule has 1 rings (SSSR count). The summed E-state index contributed by atoms with van der Waals surface area (Å²) in [5, 5.41) is 0. The van der Waals surface area contributed by atoms with Gasteiger partial charge in [-0.3, -0.25) is 0 Å². The highest BCUT2D eigenvalue weighted by Crippen LogP contribution is 2.23. The highest BCUT2D eigenvalue weighted by Gasteiger charge is 2.12. The molecule has 1 nitrogen and oxygen atoms in total. The molecule has 0 unspecified atom stereocenters. The zero-order valence-electron chi connectivity index (χ0n) is 5.31. The summed E-state index contributed by atoms with van der Waals surface area (Å²) in [5.74, 6) is 3.53. The largest absolute Gasteiger partial charge is 0.316 e. The normalized spacial score (nSPS) is 22.3. The van der Waals surface area contributed by atoms with Crippen LogP contribution in [0.5, 0.6) is 0 Å². The van der Waals surface area contributed by atoms with Gasteiger partial charge in [0.2, 0.25) is 0 Å². The van der Waals surface area contributed by atoms with Gasteiger partial charge in [0.25, 0.3) is 0 Å². The van der Waals surface area contributed by atoms with E-state index in [1.54, 1.807) is 0 Å². The molecule has 0 aromatic rings. The number of rotatable bonds is 2. The van der Waals surface area contributed by atoms with Crippen LogP contribution in [0.25, 0.3) is 0 Å². The Balaban J connectivity index is 2.08. The van der Waals surface area contributed by atoms with Gasteiger partial charge in [-0.25, -0.2) is 0 Å². The van der Waals surface area contributed by atoms with Crippen LogP contribution in [-0.2, 0) is 3.07 Å². The van der Waals surface area contributed by atoms with Gasteiger partial charge < -0.3 is 3.07 Å². The molecule has 3 heteroatoms. The average Bonchev–Trinajstić information content (AvgIpc) is 1.91. The quantitative estimate of drug-likeness (QED) is 0.704. The minimum absolute atomic E-state index is 0.850. The van der Waals surface area contributed by atoms with Gasteiger partial charge in [0.1, 0.15) is 23.0 Å². The molecule has 1 saturated heterocycles. The molecule has 0 aliphatic carbocycles. The van der Waals surface area contributed by atoms with Gasteiger partial charge in [-0.1, -0.05) is 0 Å². The van der Waals surface area contributed by atoms with E-state index in [1.807, 2.05) is 23.0 Å². The summed E-state index contributed by atoms with van der Waals surface area (Å²) in [4.78, 5) is 0. The Hall–Kier alpha value is 1.04. The fourth-order valence-corrected chi connectivity index (χ4v) is 2.71. The zero-order valence-corrected chi connectivity index (χ0v) is 8.28. The van der Waals surface area contributed by atoms with Crippen molar-refractivity contribution < 1.29 is 3.07 Å². The third-order valence-corrected chi connectivity index (χ3v) is 3.05. The van der Waals surface area contributed by atoms with Gasteiger partial charge in [0.15, 0.2) is 0 Å². The van der Waals surface area contributed by atoms with Gasteiger partial charge in [-0.2, -0.15) is 11.8 Å². The third-order valence-electron chi connectivity index (χ3n) is 1.64. The Kier molecular flexibility index (Phi) is 4.34. The lowest BCUT2D eigenvalue weighted by atomic mass is 10.1. The van der Waals surface area contributed by atoms with Gasteiger partial charge >= 0.3 is 0 Å². The second-order valence-corrected chi connectivity index (χ2v) is 4.18. The van der Waals surface area contributed by atoms with Crippen molar-refractivity contribution in [2.24, 2.45) is 5.92 Å². The number of thioether (sulfide) groups is 1. The summed E-state index contributed by atoms with van der Waals surface area (Å²) in [6.07, 6.45) is 2.71. The lowest BCUT2D eigenvalue weighted by Gasteiger charge is -2.19. The molecule has 0 aromatic heterocycles. The molecule has 9 heavy (non-hydrogen) atoms. The van der Waals surface area contributed by atoms with E-state index in [9.17, 15) is 0 Å². The summed E-state index contributed by atoms with van der Waals surface area (Å²) < 4.78 is 5.04. The molecule has 0 aromatic carbocycles. The monoisotopic (exact) mass is 258 g/mol. The molecule has 1 aliphatic heterocycles. The van der Waals surface area contributed by atoms with Crippen molar-refractivity contribution in [1.29, 1.82) is 0 Å². The topological polar surface area (TPSA) is 9.23 Å². The first kappa shape index (κ1) is 8.14. The first-order chi connectivity index (χ1) is 4.43. The van der Waals surface area contributed by atoms with Crippen LogP contribution < -0.4 is 0 Å². The Morgan fingerprint density at radius 1 is 1.44 bits per heavy atom. The predicted molar refractivity (Wildman–Crippen MR) is 50.0 cm³/mol. The molecule has 0 amide bonds. The van der Waals surface area contributed by atoms with E-state index in [-0.39, 0.29) is 0 Å². The fourth-order valence-electron chi connectivity index (χ4n) is 1.00. The van der Waals surface area contributed by atoms with E-state index in [1.165, 1.54) is 24.3 Å². The molecule has 0 N–H and O–H groups in total. The van der Waals surface area contributed by atoms with Crippen molar-refractivity contribution in [3.05, 3.63) is 0 Å². The summed E-state index contributed by atoms with van der Waals surface area (Å²) in [6.45, 7) is 0.959. The van der Waals surface area contributed by atoms with Crippen molar-refractivity contribution in [3.63, 3.8) is 0 Å². The first-order valence-corrected chi connectivity index (χ1v) is 5.28. The van der Waals surface area contributed by atoms with Gasteiger partial charge in [0.05, 0.1) is 6.61 Å². The first-order valence-electron chi connectivity index (χ1n) is 3.25. The van der Waals surface area contributed by atoms with Crippen LogP contribution in [0.3, 0.4) is 0 Å². The molecule has 54 valence electrons. The molecule has 1 heterocycles. The maximum atomic E-state index is 5.04. The molecular weight excluding hydrogens is 247 g/mol. The van der Waals surface area contributed by atoms with Crippen LogP contribution in [0.2, 0.25) is 0 Å². The smallest absolute Gasteiger partial charge is 0.109 e. The molecule has 0 radical (unpaired) electrons. The van der Waals surface area contributed by atoms with Gasteiger partial charge in [-0.15, -0.1) is 0 Å². The Bertz CT molecular complexity index is 70.7. The van der Waals surface area contributed by atoms with E-state index in [4.69, 9.17) is 3.07 Å². The van der Waals surface area contributed by atoms with Crippen molar-refractivity contribution in [2.75, 3.05) is 18.1 Å². The van der Waals surface area contributed by atoms with Crippen LogP contribution in [0.1, 0.15) is 12.8 Å². The molecule has 0 atom stereocenters. The summed E-state index contributed by atoms with van der Waals surface area (Å²) >= 11 is 4.05. The van der Waals surface area contributed by atoms with Crippen LogP contribution in [0.4, 0.5) is 0 Å². The van der Waals surface area contributed by atoms with E-state index in [0.29, 0.717) is 0 Å². The Morgan fingerprint density at radius 3 is 2.67 bits per heavy atom. The second-order valence-electron chi connectivity index (χ2n) is 2.33. The van der Waals surface area contributed by atoms with Crippen LogP contribution in [-0.4, -0.2) is 18.1 Å². The Labute approximate surface area is 74.6 Å². The van der Waals surface area contributed by atoms with Crippen molar-refractivity contribution in [1.82, 2.24) is 0 Å². The van der Waals surface area contributed by atoms with Crippen LogP contribution in [0.15, 0.2) is 0 Å². The molecule has 0 bridgehead atoms. The van der Waals surface area contributed by atoms with E-state index in [2.05, 4.69) is 11.8 Å². The number of hydrogen-bond donors (Lipinski definition) is 0. The van der Waals surface area contributed by atoms with E-state index in [0.717, 1.165) is 12.5 Å². The van der Waals surface area contributed by atoms with Crippen molar-refractivity contribution >= 4 is 34.8 Å². The molecule has 0 spiro atoms. The highest BCUT2D eigenvalue weighted by molar-refractivity contribution is 14.1. The molecule has 1 fully saturated rings. The molecule has 1 aliphatic rings. The maximum absolute atomic E-state index is 5.04.